The first-order valence-corrected chi connectivity index (χ1v) is 12.1. The Morgan fingerprint density at radius 3 is 2.29 bits per heavy atom. The van der Waals surface area contributed by atoms with E-state index in [9.17, 15) is 9.59 Å². The number of nitrogens with zero attached hydrogens (tertiary/aromatic N) is 4. The lowest BCUT2D eigenvalue weighted by atomic mass is 9.84. The number of piperidine rings is 1. The van der Waals surface area contributed by atoms with Crippen LogP contribution >= 0.6 is 0 Å². The topological polar surface area (TPSA) is 69.4 Å². The minimum absolute atomic E-state index is 0.0226. The summed E-state index contributed by atoms with van der Waals surface area (Å²) in [5, 5.41) is 4.21. The summed E-state index contributed by atoms with van der Waals surface area (Å²) < 4.78 is 8.56. The van der Waals surface area contributed by atoms with Crippen LogP contribution in [-0.4, -0.2) is 44.9 Å². The molecule has 0 spiro atoms. The molecule has 0 aliphatic carbocycles. The van der Waals surface area contributed by atoms with Crippen LogP contribution in [0.5, 0.6) is 0 Å². The maximum absolute atomic E-state index is 13.1. The van der Waals surface area contributed by atoms with Gasteiger partial charge in [0.05, 0.1) is 18.3 Å². The average molecular weight is 463 g/mol. The van der Waals surface area contributed by atoms with Crippen molar-refractivity contribution in [2.75, 3.05) is 19.7 Å². The first-order chi connectivity index (χ1) is 16.4. The monoisotopic (exact) mass is 462 g/mol. The third-order valence-corrected chi connectivity index (χ3v) is 6.96. The highest BCUT2D eigenvalue weighted by atomic mass is 16.5. The summed E-state index contributed by atoms with van der Waals surface area (Å²) in [4.78, 5) is 27.9. The summed E-state index contributed by atoms with van der Waals surface area (Å²) in [6.07, 6.45) is 3.48. The van der Waals surface area contributed by atoms with Crippen LogP contribution in [0.1, 0.15) is 63.6 Å². The summed E-state index contributed by atoms with van der Waals surface area (Å²) in [5.74, 6) is 0.207. The first-order valence-electron chi connectivity index (χ1n) is 12.1. The Balaban J connectivity index is 1.49. The molecule has 4 rings (SSSR count). The van der Waals surface area contributed by atoms with Gasteiger partial charge < -0.3 is 4.74 Å². The number of carbonyl (C=O) groups is 1. The summed E-state index contributed by atoms with van der Waals surface area (Å²) in [7, 11) is 0. The van der Waals surface area contributed by atoms with Crippen LogP contribution in [0.2, 0.25) is 0 Å². The highest BCUT2D eigenvalue weighted by Gasteiger charge is 2.43. The van der Waals surface area contributed by atoms with Crippen LogP contribution in [0.25, 0.3) is 5.69 Å². The normalized spacial score (nSPS) is 17.0. The fourth-order valence-electron chi connectivity index (χ4n) is 4.88. The molecular weight excluding hydrogens is 428 g/mol. The summed E-state index contributed by atoms with van der Waals surface area (Å²) in [6, 6.07) is 18.1. The van der Waals surface area contributed by atoms with E-state index >= 15 is 0 Å². The van der Waals surface area contributed by atoms with Crippen molar-refractivity contribution in [2.45, 2.75) is 58.0 Å². The molecule has 0 saturated carbocycles. The molecule has 1 aromatic heterocycles. The Morgan fingerprint density at radius 2 is 1.74 bits per heavy atom. The molecule has 1 aliphatic rings. The van der Waals surface area contributed by atoms with E-state index in [1.54, 1.807) is 10.9 Å². The van der Waals surface area contributed by atoms with Crippen LogP contribution in [-0.2, 0) is 15.1 Å². The van der Waals surface area contributed by atoms with E-state index in [1.165, 1.54) is 10.2 Å². The van der Waals surface area contributed by atoms with E-state index in [4.69, 9.17) is 4.74 Å². The minimum atomic E-state index is -0.802. The van der Waals surface area contributed by atoms with Crippen molar-refractivity contribution in [1.29, 1.82) is 0 Å². The van der Waals surface area contributed by atoms with Gasteiger partial charge in [0.15, 0.2) is 0 Å². The van der Waals surface area contributed by atoms with Gasteiger partial charge in [-0.25, -0.2) is 18.8 Å². The maximum Gasteiger partial charge on any atom is 0.350 e. The SMILES string of the molecule is CCOC(=O)C(C)(c1ccccc1)N1CCC(c2ccc(-n3cnn(C(C)C)c3=O)cc2)CC1. The number of esters is 1. The number of aromatic nitrogens is 3. The van der Waals surface area contributed by atoms with E-state index in [1.807, 2.05) is 70.2 Å². The Bertz CT molecular complexity index is 1160. The minimum Gasteiger partial charge on any atom is -0.464 e. The zero-order valence-electron chi connectivity index (χ0n) is 20.5. The second-order valence-corrected chi connectivity index (χ2v) is 9.33. The molecule has 180 valence electrons. The van der Waals surface area contributed by atoms with Crippen LogP contribution in [0.4, 0.5) is 0 Å². The maximum atomic E-state index is 13.1. The predicted octanol–water partition coefficient (Wildman–Crippen LogP) is 4.27. The number of ether oxygens (including phenoxy) is 1. The summed E-state index contributed by atoms with van der Waals surface area (Å²) >= 11 is 0. The largest absolute Gasteiger partial charge is 0.464 e. The van der Waals surface area contributed by atoms with Crippen LogP contribution < -0.4 is 5.69 Å². The number of carbonyl (C=O) groups excluding carboxylic acids is 1. The van der Waals surface area contributed by atoms with Crippen LogP contribution in [0.15, 0.2) is 65.7 Å². The molecule has 1 unspecified atom stereocenters. The lowest BCUT2D eigenvalue weighted by molar-refractivity contribution is -0.158. The van der Waals surface area contributed by atoms with Crippen molar-refractivity contribution in [3.8, 4) is 5.69 Å². The number of hydrogen-bond acceptors (Lipinski definition) is 5. The first kappa shape index (κ1) is 24.0. The molecule has 1 saturated heterocycles. The number of benzene rings is 2. The average Bonchev–Trinajstić information content (AvgIpc) is 3.26. The molecule has 0 bridgehead atoms. The van der Waals surface area contributed by atoms with Crippen LogP contribution in [0.3, 0.4) is 0 Å². The van der Waals surface area contributed by atoms with Crippen molar-refractivity contribution in [2.24, 2.45) is 0 Å². The van der Waals surface area contributed by atoms with E-state index in [0.717, 1.165) is 37.2 Å². The highest BCUT2D eigenvalue weighted by Crippen LogP contribution is 2.36. The lowest BCUT2D eigenvalue weighted by Gasteiger charge is -2.43. The highest BCUT2D eigenvalue weighted by molar-refractivity contribution is 5.82. The van der Waals surface area contributed by atoms with Gasteiger partial charge in [0.2, 0.25) is 0 Å². The van der Waals surface area contributed by atoms with Crippen molar-refractivity contribution < 1.29 is 9.53 Å². The van der Waals surface area contributed by atoms with Crippen LogP contribution in [0, 0.1) is 0 Å². The van der Waals surface area contributed by atoms with E-state index in [0.29, 0.717) is 12.5 Å². The van der Waals surface area contributed by atoms with Gasteiger partial charge in [-0.15, -0.1) is 0 Å². The number of hydrogen-bond donors (Lipinski definition) is 0. The molecule has 1 aliphatic heterocycles. The van der Waals surface area contributed by atoms with Gasteiger partial charge in [-0.3, -0.25) is 4.90 Å². The quantitative estimate of drug-likeness (QED) is 0.491. The molecule has 7 nitrogen and oxygen atoms in total. The third kappa shape index (κ3) is 4.44. The molecule has 0 radical (unpaired) electrons. The van der Waals surface area contributed by atoms with Crippen molar-refractivity contribution in [1.82, 2.24) is 19.2 Å². The standard InChI is InChI=1S/C27H34N4O3/c1-5-34-25(32)27(4,23-9-7-6-8-10-23)29-17-15-22(16-18-29)21-11-13-24(14-12-21)30-19-28-31(20(2)3)26(30)33/h6-14,19-20,22H,5,15-18H2,1-4H3. The fraction of sp³-hybridized carbons (Fsp3) is 0.444. The van der Waals surface area contributed by atoms with E-state index in [2.05, 4.69) is 22.1 Å². The van der Waals surface area contributed by atoms with Gasteiger partial charge in [-0.2, -0.15) is 5.10 Å². The second-order valence-electron chi connectivity index (χ2n) is 9.33. The van der Waals surface area contributed by atoms with Crippen molar-refractivity contribution in [3.05, 3.63) is 82.5 Å². The third-order valence-electron chi connectivity index (χ3n) is 6.96. The molecule has 1 fully saturated rings. The molecule has 7 heteroatoms. The second kappa shape index (κ2) is 9.97. The molecule has 0 amide bonds. The molecule has 2 heterocycles. The van der Waals surface area contributed by atoms with Gasteiger partial charge in [-0.05, 0) is 69.7 Å². The number of likely N-dealkylation sites (tertiary alicyclic amines) is 1. The number of rotatable bonds is 7. The van der Waals surface area contributed by atoms with Crippen molar-refractivity contribution >= 4 is 5.97 Å². The van der Waals surface area contributed by atoms with E-state index in [-0.39, 0.29) is 17.7 Å². The smallest absolute Gasteiger partial charge is 0.350 e. The molecule has 34 heavy (non-hydrogen) atoms. The van der Waals surface area contributed by atoms with Gasteiger partial charge in [-0.1, -0.05) is 42.5 Å². The van der Waals surface area contributed by atoms with Crippen molar-refractivity contribution in [3.63, 3.8) is 0 Å². The molecular formula is C27H34N4O3. The Labute approximate surface area is 201 Å². The van der Waals surface area contributed by atoms with Gasteiger partial charge in [0.25, 0.3) is 0 Å². The molecule has 0 N–H and O–H groups in total. The summed E-state index contributed by atoms with van der Waals surface area (Å²) in [6.45, 7) is 9.68. The fourth-order valence-corrected chi connectivity index (χ4v) is 4.88. The molecule has 3 aromatic rings. The van der Waals surface area contributed by atoms with Gasteiger partial charge in [0.1, 0.15) is 11.9 Å². The lowest BCUT2D eigenvalue weighted by Crippen LogP contribution is -2.53. The molecule has 1 atom stereocenters. The Morgan fingerprint density at radius 1 is 1.09 bits per heavy atom. The zero-order chi connectivity index (χ0) is 24.3. The Hall–Kier alpha value is -3.19. The predicted molar refractivity (Wildman–Crippen MR) is 132 cm³/mol. The van der Waals surface area contributed by atoms with Gasteiger partial charge >= 0.3 is 11.7 Å². The summed E-state index contributed by atoms with van der Waals surface area (Å²) in [5.41, 5.74) is 2.10. The Kier molecular flexibility index (Phi) is 7.03. The van der Waals surface area contributed by atoms with E-state index < -0.39 is 5.54 Å². The zero-order valence-corrected chi connectivity index (χ0v) is 20.5. The molecule has 2 aromatic carbocycles. The van der Waals surface area contributed by atoms with Gasteiger partial charge in [0, 0.05) is 13.1 Å².